The first kappa shape index (κ1) is 20.2. The summed E-state index contributed by atoms with van der Waals surface area (Å²) in [6.45, 7) is 19.4. The van der Waals surface area contributed by atoms with Crippen LogP contribution in [-0.4, -0.2) is 47.6 Å². The van der Waals surface area contributed by atoms with Gasteiger partial charge in [-0.05, 0) is 64.7 Å². The maximum atomic E-state index is 2.76. The van der Waals surface area contributed by atoms with Gasteiger partial charge in [0.15, 0.2) is 0 Å². The van der Waals surface area contributed by atoms with E-state index < -0.39 is 0 Å². The Bertz CT molecular complexity index is 345. The van der Waals surface area contributed by atoms with Crippen LogP contribution in [0.1, 0.15) is 86.5 Å². The predicted octanol–water partition coefficient (Wildman–Crippen LogP) is 5.42. The summed E-state index contributed by atoms with van der Waals surface area (Å²) in [5.41, 5.74) is 0.387. The van der Waals surface area contributed by atoms with Gasteiger partial charge in [-0.3, -0.25) is 9.80 Å². The predicted molar refractivity (Wildman–Crippen MR) is 106 cm³/mol. The molecule has 0 N–H and O–H groups in total. The molecule has 2 heteroatoms. The van der Waals surface area contributed by atoms with Gasteiger partial charge in [-0.2, -0.15) is 0 Å². The molecule has 1 aliphatic heterocycles. The van der Waals surface area contributed by atoms with E-state index in [4.69, 9.17) is 0 Å². The largest absolute Gasteiger partial charge is 0.298 e. The molecule has 0 aromatic heterocycles. The minimum absolute atomic E-state index is 0.387. The van der Waals surface area contributed by atoms with Gasteiger partial charge >= 0.3 is 0 Å². The molecule has 142 valence electrons. The van der Waals surface area contributed by atoms with Crippen molar-refractivity contribution < 1.29 is 0 Å². The van der Waals surface area contributed by atoms with Crippen molar-refractivity contribution in [2.45, 2.75) is 98.1 Å². The Morgan fingerprint density at radius 3 is 1.88 bits per heavy atom. The SMILES string of the molecule is CC(C)CC1CCC(CCC(C)(C)N2CCN(C(C)C)CC2)CC1. The highest BCUT2D eigenvalue weighted by atomic mass is 15.3. The van der Waals surface area contributed by atoms with Crippen LogP contribution in [0.4, 0.5) is 0 Å². The van der Waals surface area contributed by atoms with Gasteiger partial charge in [-0.15, -0.1) is 0 Å². The molecule has 2 nitrogen and oxygen atoms in total. The highest BCUT2D eigenvalue weighted by Crippen LogP contribution is 2.36. The average Bonchev–Trinajstić information content (AvgIpc) is 2.54. The van der Waals surface area contributed by atoms with E-state index in [0.29, 0.717) is 11.6 Å². The molecule has 1 heterocycles. The van der Waals surface area contributed by atoms with Crippen molar-refractivity contribution in [3.05, 3.63) is 0 Å². The van der Waals surface area contributed by atoms with Crippen LogP contribution < -0.4 is 0 Å². The van der Waals surface area contributed by atoms with Crippen molar-refractivity contribution in [2.75, 3.05) is 26.2 Å². The van der Waals surface area contributed by atoms with Crippen LogP contribution in [0, 0.1) is 17.8 Å². The van der Waals surface area contributed by atoms with Crippen molar-refractivity contribution in [3.8, 4) is 0 Å². The minimum atomic E-state index is 0.387. The van der Waals surface area contributed by atoms with Crippen molar-refractivity contribution in [3.63, 3.8) is 0 Å². The summed E-state index contributed by atoms with van der Waals surface area (Å²) in [5, 5.41) is 0. The molecule has 0 unspecified atom stereocenters. The van der Waals surface area contributed by atoms with Gasteiger partial charge in [0.25, 0.3) is 0 Å². The standard InChI is InChI=1S/C22H44N2/c1-18(2)17-21-9-7-20(8-10-21)11-12-22(5,6)24-15-13-23(14-16-24)19(3)4/h18-21H,7-17H2,1-6H3. The van der Waals surface area contributed by atoms with E-state index in [2.05, 4.69) is 51.3 Å². The Hall–Kier alpha value is -0.0800. The van der Waals surface area contributed by atoms with Crippen molar-refractivity contribution in [1.82, 2.24) is 9.80 Å². The van der Waals surface area contributed by atoms with E-state index in [-0.39, 0.29) is 0 Å². The van der Waals surface area contributed by atoms with Crippen LogP contribution in [0.5, 0.6) is 0 Å². The lowest BCUT2D eigenvalue weighted by atomic mass is 9.76. The summed E-state index contributed by atoms with van der Waals surface area (Å²) in [5.74, 6) is 2.91. The second-order valence-corrected chi connectivity index (χ2v) is 9.98. The Kier molecular flexibility index (Phi) is 7.61. The van der Waals surface area contributed by atoms with Gasteiger partial charge in [0, 0.05) is 37.8 Å². The molecule has 0 radical (unpaired) electrons. The highest BCUT2D eigenvalue weighted by molar-refractivity contribution is 4.87. The fourth-order valence-corrected chi connectivity index (χ4v) is 4.98. The normalized spacial score (nSPS) is 28.0. The fraction of sp³-hybridized carbons (Fsp3) is 1.00. The van der Waals surface area contributed by atoms with Gasteiger partial charge in [-0.25, -0.2) is 0 Å². The van der Waals surface area contributed by atoms with E-state index in [1.807, 2.05) is 0 Å². The molecule has 2 rings (SSSR count). The summed E-state index contributed by atoms with van der Waals surface area (Å²) in [6, 6.07) is 0.705. The Morgan fingerprint density at radius 2 is 1.38 bits per heavy atom. The monoisotopic (exact) mass is 336 g/mol. The molecule has 0 aromatic carbocycles. The third-order valence-electron chi connectivity index (χ3n) is 6.84. The summed E-state index contributed by atoms with van der Waals surface area (Å²) >= 11 is 0. The quantitative estimate of drug-likeness (QED) is 0.612. The molecule has 2 fully saturated rings. The molecule has 24 heavy (non-hydrogen) atoms. The number of rotatable bonds is 7. The number of nitrogens with zero attached hydrogens (tertiary/aromatic N) is 2. The Morgan fingerprint density at radius 1 is 0.833 bits per heavy atom. The zero-order chi connectivity index (χ0) is 17.7. The summed E-state index contributed by atoms with van der Waals surface area (Å²) < 4.78 is 0. The lowest BCUT2D eigenvalue weighted by Gasteiger charge is -2.46. The van der Waals surface area contributed by atoms with Crippen LogP contribution >= 0.6 is 0 Å². The van der Waals surface area contributed by atoms with Crippen molar-refractivity contribution in [2.24, 2.45) is 17.8 Å². The fourth-order valence-electron chi connectivity index (χ4n) is 4.98. The minimum Gasteiger partial charge on any atom is -0.298 e. The second kappa shape index (κ2) is 9.03. The first-order valence-electron chi connectivity index (χ1n) is 10.8. The zero-order valence-corrected chi connectivity index (χ0v) is 17.5. The van der Waals surface area contributed by atoms with Crippen LogP contribution in [0.3, 0.4) is 0 Å². The Labute approximate surface area is 152 Å². The van der Waals surface area contributed by atoms with E-state index >= 15 is 0 Å². The molecule has 1 saturated carbocycles. The Balaban J connectivity index is 1.70. The summed E-state index contributed by atoms with van der Waals surface area (Å²) in [6.07, 6.45) is 10.3. The molecule has 2 aliphatic rings. The smallest absolute Gasteiger partial charge is 0.0154 e. The first-order valence-corrected chi connectivity index (χ1v) is 10.8. The van der Waals surface area contributed by atoms with E-state index in [1.165, 1.54) is 71.1 Å². The zero-order valence-electron chi connectivity index (χ0n) is 17.5. The third kappa shape index (κ3) is 6.02. The molecule has 0 aromatic rings. The number of piperazine rings is 1. The van der Waals surface area contributed by atoms with Crippen LogP contribution in [0.25, 0.3) is 0 Å². The van der Waals surface area contributed by atoms with E-state index in [9.17, 15) is 0 Å². The lowest BCUT2D eigenvalue weighted by molar-refractivity contribution is 0.0312. The maximum Gasteiger partial charge on any atom is 0.0154 e. The van der Waals surface area contributed by atoms with Crippen LogP contribution in [-0.2, 0) is 0 Å². The molecule has 0 amide bonds. The van der Waals surface area contributed by atoms with Crippen LogP contribution in [0.15, 0.2) is 0 Å². The average molecular weight is 337 g/mol. The maximum absolute atomic E-state index is 2.76. The molecule has 1 aliphatic carbocycles. The second-order valence-electron chi connectivity index (χ2n) is 9.98. The van der Waals surface area contributed by atoms with Gasteiger partial charge in [0.1, 0.15) is 0 Å². The van der Waals surface area contributed by atoms with Crippen molar-refractivity contribution >= 4 is 0 Å². The molecule has 1 saturated heterocycles. The number of hydrogen-bond donors (Lipinski definition) is 0. The number of hydrogen-bond acceptors (Lipinski definition) is 2. The van der Waals surface area contributed by atoms with Crippen molar-refractivity contribution in [1.29, 1.82) is 0 Å². The van der Waals surface area contributed by atoms with Gasteiger partial charge in [-0.1, -0.05) is 39.5 Å². The highest BCUT2D eigenvalue weighted by Gasteiger charge is 2.31. The van der Waals surface area contributed by atoms with E-state index in [1.54, 1.807) is 0 Å². The molecule has 0 bridgehead atoms. The lowest BCUT2D eigenvalue weighted by Crippen LogP contribution is -2.55. The van der Waals surface area contributed by atoms with Gasteiger partial charge in [0.2, 0.25) is 0 Å². The van der Waals surface area contributed by atoms with Crippen LogP contribution in [0.2, 0.25) is 0 Å². The molecule has 0 spiro atoms. The topological polar surface area (TPSA) is 6.48 Å². The molecular formula is C22H44N2. The molecule has 0 atom stereocenters. The van der Waals surface area contributed by atoms with Gasteiger partial charge < -0.3 is 0 Å². The molecular weight excluding hydrogens is 292 g/mol. The first-order chi connectivity index (χ1) is 11.3. The van der Waals surface area contributed by atoms with E-state index in [0.717, 1.165) is 17.8 Å². The third-order valence-corrected chi connectivity index (χ3v) is 6.84. The van der Waals surface area contributed by atoms with Gasteiger partial charge in [0.05, 0.1) is 0 Å². The summed E-state index contributed by atoms with van der Waals surface area (Å²) in [7, 11) is 0. The summed E-state index contributed by atoms with van der Waals surface area (Å²) in [4.78, 5) is 5.39.